The van der Waals surface area contributed by atoms with E-state index in [0.717, 1.165) is 39.4 Å². The Kier molecular flexibility index (Phi) is 6.28. The van der Waals surface area contributed by atoms with E-state index in [2.05, 4.69) is 36.4 Å². The molecular weight excluding hydrogens is 400 g/mol. The van der Waals surface area contributed by atoms with Crippen molar-refractivity contribution >= 4 is 22.9 Å². The fourth-order valence-corrected chi connectivity index (χ4v) is 4.01. The van der Waals surface area contributed by atoms with Crippen molar-refractivity contribution in [3.63, 3.8) is 0 Å². The lowest BCUT2D eigenvalue weighted by molar-refractivity contribution is -0.113. The first-order valence-corrected chi connectivity index (χ1v) is 11.2. The van der Waals surface area contributed by atoms with Gasteiger partial charge < -0.3 is 16.0 Å². The number of carbonyl (C=O) groups is 1. The smallest absolute Gasteiger partial charge is 0.241 e. The van der Waals surface area contributed by atoms with Gasteiger partial charge in [-0.25, -0.2) is 4.98 Å². The maximum absolute atomic E-state index is 11.7. The predicted octanol–water partition coefficient (Wildman–Crippen LogP) is 3.77. The standard InChI is InChI=1S/C25H32N6O/c1-16(2)21-14-28-31-24(12-22(17-9-10-17)29-25(21)31)27-13-18-7-5-6-8-20(18)19(11-23(26)32)15-30(3)4/h5-8,11-12,14,16-17,27H,9-10,13,15H2,1-4H3,(H2,26,32). The molecule has 32 heavy (non-hydrogen) atoms. The summed E-state index contributed by atoms with van der Waals surface area (Å²) in [6, 6.07) is 10.3. The monoisotopic (exact) mass is 432 g/mol. The highest BCUT2D eigenvalue weighted by atomic mass is 16.1. The van der Waals surface area contributed by atoms with E-state index in [1.54, 1.807) is 0 Å². The van der Waals surface area contributed by atoms with E-state index in [1.165, 1.54) is 18.9 Å². The number of aromatic nitrogens is 3. The lowest BCUT2D eigenvalue weighted by Gasteiger charge is -2.18. The molecule has 3 aromatic rings. The first-order chi connectivity index (χ1) is 15.3. The van der Waals surface area contributed by atoms with Crippen molar-refractivity contribution in [2.24, 2.45) is 5.73 Å². The molecule has 1 aliphatic carbocycles. The molecule has 2 heterocycles. The molecule has 1 fully saturated rings. The lowest BCUT2D eigenvalue weighted by Crippen LogP contribution is -2.18. The van der Waals surface area contributed by atoms with Gasteiger partial charge in [-0.1, -0.05) is 38.1 Å². The number of likely N-dealkylation sites (N-methyl/N-ethyl adjacent to an activating group) is 1. The van der Waals surface area contributed by atoms with Crippen LogP contribution in [0, 0.1) is 0 Å². The van der Waals surface area contributed by atoms with Crippen molar-refractivity contribution in [2.45, 2.75) is 45.1 Å². The largest absolute Gasteiger partial charge is 0.366 e. The van der Waals surface area contributed by atoms with E-state index in [9.17, 15) is 4.79 Å². The summed E-state index contributed by atoms with van der Waals surface area (Å²) in [7, 11) is 3.96. The second-order valence-electron chi connectivity index (χ2n) is 9.15. The lowest BCUT2D eigenvalue weighted by atomic mass is 9.98. The predicted molar refractivity (Wildman–Crippen MR) is 129 cm³/mol. The van der Waals surface area contributed by atoms with Crippen LogP contribution in [0.1, 0.15) is 60.9 Å². The summed E-state index contributed by atoms with van der Waals surface area (Å²) in [5.41, 5.74) is 11.7. The number of carbonyl (C=O) groups excluding carboxylic acids is 1. The van der Waals surface area contributed by atoms with Gasteiger partial charge >= 0.3 is 0 Å². The summed E-state index contributed by atoms with van der Waals surface area (Å²) in [5, 5.41) is 8.21. The number of nitrogens with two attached hydrogens (primary N) is 1. The summed E-state index contributed by atoms with van der Waals surface area (Å²) in [5.74, 6) is 1.41. The summed E-state index contributed by atoms with van der Waals surface area (Å²) >= 11 is 0. The Bertz CT molecular complexity index is 1160. The molecule has 1 amide bonds. The molecule has 1 saturated carbocycles. The van der Waals surface area contributed by atoms with Crippen LogP contribution in [0.15, 0.2) is 42.6 Å². The minimum Gasteiger partial charge on any atom is -0.366 e. The second-order valence-corrected chi connectivity index (χ2v) is 9.15. The normalized spacial score (nSPS) is 14.5. The first kappa shape index (κ1) is 22.0. The molecule has 0 bridgehead atoms. The van der Waals surface area contributed by atoms with E-state index in [-0.39, 0.29) is 0 Å². The molecule has 1 aromatic carbocycles. The van der Waals surface area contributed by atoms with Gasteiger partial charge in [0.05, 0.1) is 6.20 Å². The third-order valence-corrected chi connectivity index (χ3v) is 5.76. The third kappa shape index (κ3) is 4.83. The van der Waals surface area contributed by atoms with Crippen LogP contribution in [-0.4, -0.2) is 46.0 Å². The van der Waals surface area contributed by atoms with E-state index >= 15 is 0 Å². The highest BCUT2D eigenvalue weighted by molar-refractivity contribution is 5.94. The van der Waals surface area contributed by atoms with E-state index in [0.29, 0.717) is 24.9 Å². The van der Waals surface area contributed by atoms with E-state index < -0.39 is 5.91 Å². The van der Waals surface area contributed by atoms with Gasteiger partial charge in [0, 0.05) is 42.4 Å². The molecular formula is C25H32N6O. The molecule has 0 saturated heterocycles. The molecule has 0 unspecified atom stereocenters. The van der Waals surface area contributed by atoms with Crippen LogP contribution >= 0.6 is 0 Å². The van der Waals surface area contributed by atoms with Crippen molar-refractivity contribution in [1.29, 1.82) is 0 Å². The van der Waals surface area contributed by atoms with Crippen LogP contribution in [0.5, 0.6) is 0 Å². The Labute approximate surface area is 189 Å². The van der Waals surface area contributed by atoms with Crippen molar-refractivity contribution < 1.29 is 4.79 Å². The van der Waals surface area contributed by atoms with Crippen LogP contribution in [0.4, 0.5) is 5.82 Å². The quantitative estimate of drug-likeness (QED) is 0.503. The second kappa shape index (κ2) is 9.12. The number of rotatable bonds is 9. The van der Waals surface area contributed by atoms with Gasteiger partial charge in [-0.2, -0.15) is 9.61 Å². The fourth-order valence-electron chi connectivity index (χ4n) is 4.01. The van der Waals surface area contributed by atoms with Gasteiger partial charge in [0.2, 0.25) is 5.91 Å². The van der Waals surface area contributed by atoms with Crippen molar-refractivity contribution in [1.82, 2.24) is 19.5 Å². The zero-order valence-corrected chi connectivity index (χ0v) is 19.3. The number of benzene rings is 1. The Balaban J connectivity index is 1.68. The van der Waals surface area contributed by atoms with E-state index in [1.807, 2.05) is 47.9 Å². The Morgan fingerprint density at radius 3 is 2.72 bits per heavy atom. The van der Waals surface area contributed by atoms with Gasteiger partial charge in [-0.3, -0.25) is 4.79 Å². The molecule has 3 N–H and O–H groups in total. The fraction of sp³-hybridized carbons (Fsp3) is 0.400. The number of nitrogens with zero attached hydrogens (tertiary/aromatic N) is 4. The number of amides is 1. The van der Waals surface area contributed by atoms with Crippen LogP contribution < -0.4 is 11.1 Å². The summed E-state index contributed by atoms with van der Waals surface area (Å²) < 4.78 is 1.91. The van der Waals surface area contributed by atoms with Crippen LogP contribution in [0.25, 0.3) is 11.2 Å². The van der Waals surface area contributed by atoms with Crippen LogP contribution in [0.3, 0.4) is 0 Å². The highest BCUT2D eigenvalue weighted by Crippen LogP contribution is 2.40. The molecule has 0 aliphatic heterocycles. The minimum atomic E-state index is -0.438. The average molecular weight is 433 g/mol. The zero-order valence-electron chi connectivity index (χ0n) is 19.3. The zero-order chi connectivity index (χ0) is 22.8. The topological polar surface area (TPSA) is 88.5 Å². The minimum absolute atomic E-state index is 0.357. The molecule has 1 aliphatic rings. The summed E-state index contributed by atoms with van der Waals surface area (Å²) in [6.07, 6.45) is 5.84. The molecule has 168 valence electrons. The van der Waals surface area contributed by atoms with Gasteiger partial charge in [0.15, 0.2) is 5.65 Å². The van der Waals surface area contributed by atoms with E-state index in [4.69, 9.17) is 10.7 Å². The SMILES string of the molecule is CC(C)c1cnn2c(NCc3ccccc3C(=CC(N)=O)CN(C)C)cc(C3CC3)nc12. The molecule has 0 radical (unpaired) electrons. The van der Waals surface area contributed by atoms with Crippen molar-refractivity contribution in [2.75, 3.05) is 26.0 Å². The Morgan fingerprint density at radius 2 is 2.06 bits per heavy atom. The molecule has 7 nitrogen and oxygen atoms in total. The number of hydrogen-bond acceptors (Lipinski definition) is 5. The van der Waals surface area contributed by atoms with Gasteiger partial charge in [0.1, 0.15) is 5.82 Å². The maximum atomic E-state index is 11.7. The number of fused-ring (bicyclic) bond motifs is 1. The van der Waals surface area contributed by atoms with Crippen molar-refractivity contribution in [3.05, 3.63) is 65.0 Å². The van der Waals surface area contributed by atoms with Crippen LogP contribution in [-0.2, 0) is 11.3 Å². The first-order valence-electron chi connectivity index (χ1n) is 11.2. The number of primary amides is 1. The number of anilines is 1. The number of nitrogens with one attached hydrogen (secondary N) is 1. The van der Waals surface area contributed by atoms with Crippen molar-refractivity contribution in [3.8, 4) is 0 Å². The third-order valence-electron chi connectivity index (χ3n) is 5.76. The molecule has 0 atom stereocenters. The Hall–Kier alpha value is -3.19. The Morgan fingerprint density at radius 1 is 1.31 bits per heavy atom. The highest BCUT2D eigenvalue weighted by Gasteiger charge is 2.27. The summed E-state index contributed by atoms with van der Waals surface area (Å²) in [6.45, 7) is 5.56. The molecule has 7 heteroatoms. The van der Waals surface area contributed by atoms with Gasteiger partial charge in [-0.05, 0) is 49.6 Å². The maximum Gasteiger partial charge on any atom is 0.241 e. The molecule has 0 spiro atoms. The van der Waals surface area contributed by atoms with Crippen LogP contribution in [0.2, 0.25) is 0 Å². The molecule has 4 rings (SSSR count). The molecule has 2 aromatic heterocycles. The van der Waals surface area contributed by atoms with Gasteiger partial charge in [-0.15, -0.1) is 0 Å². The number of hydrogen-bond donors (Lipinski definition) is 2. The summed E-state index contributed by atoms with van der Waals surface area (Å²) in [4.78, 5) is 18.6. The average Bonchev–Trinajstić information content (AvgIpc) is 3.49. The van der Waals surface area contributed by atoms with Gasteiger partial charge in [0.25, 0.3) is 0 Å².